The summed E-state index contributed by atoms with van der Waals surface area (Å²) < 4.78 is 16.5. The molecule has 0 aliphatic carbocycles. The van der Waals surface area contributed by atoms with Crippen LogP contribution in [0.25, 0.3) is 0 Å². The van der Waals surface area contributed by atoms with Gasteiger partial charge in [-0.25, -0.2) is 0 Å². The topological polar surface area (TPSA) is 56.8 Å². The average molecular weight is 313 g/mol. The summed E-state index contributed by atoms with van der Waals surface area (Å²) in [4.78, 5) is 12.0. The number of carbonyl (C=O) groups is 1. The molecule has 1 aliphatic rings. The Labute approximate surface area is 135 Å². The zero-order valence-corrected chi connectivity index (χ0v) is 13.0. The molecule has 0 saturated heterocycles. The van der Waals surface area contributed by atoms with Crippen molar-refractivity contribution in [3.05, 3.63) is 54.1 Å². The smallest absolute Gasteiger partial charge is 0.224 e. The summed E-state index contributed by atoms with van der Waals surface area (Å²) >= 11 is 0. The number of para-hydroxylation sites is 2. The van der Waals surface area contributed by atoms with E-state index < -0.39 is 0 Å². The second-order valence-corrected chi connectivity index (χ2v) is 5.33. The first-order valence-electron chi connectivity index (χ1n) is 7.52. The van der Waals surface area contributed by atoms with Crippen LogP contribution < -0.4 is 19.5 Å². The van der Waals surface area contributed by atoms with E-state index in [0.29, 0.717) is 25.3 Å². The Kier molecular flexibility index (Phi) is 4.66. The molecule has 0 unspecified atom stereocenters. The monoisotopic (exact) mass is 313 g/mol. The van der Waals surface area contributed by atoms with Crippen molar-refractivity contribution >= 4 is 5.91 Å². The second-order valence-electron chi connectivity index (χ2n) is 5.33. The molecule has 0 radical (unpaired) electrons. The molecule has 0 fully saturated rings. The molecule has 1 heterocycles. The van der Waals surface area contributed by atoms with Crippen molar-refractivity contribution in [2.24, 2.45) is 0 Å². The van der Waals surface area contributed by atoms with Crippen LogP contribution in [0.4, 0.5) is 0 Å². The number of nitrogens with one attached hydrogen (secondary N) is 1. The summed E-state index contributed by atoms with van der Waals surface area (Å²) in [6.07, 6.45) is 0.151. The molecular weight excluding hydrogens is 294 g/mol. The van der Waals surface area contributed by atoms with Crippen molar-refractivity contribution in [2.75, 3.05) is 20.3 Å². The van der Waals surface area contributed by atoms with Crippen LogP contribution >= 0.6 is 0 Å². The maximum atomic E-state index is 12.0. The zero-order valence-electron chi connectivity index (χ0n) is 13.0. The van der Waals surface area contributed by atoms with E-state index in [4.69, 9.17) is 14.2 Å². The molecule has 1 aliphatic heterocycles. The first kappa shape index (κ1) is 15.2. The van der Waals surface area contributed by atoms with Gasteiger partial charge in [0.2, 0.25) is 5.91 Å². The van der Waals surface area contributed by atoms with Gasteiger partial charge in [-0.2, -0.15) is 0 Å². The third-order valence-corrected chi connectivity index (χ3v) is 3.62. The SMILES string of the molecule is COc1ccc(CC(=O)NC[C@@H]2COc3ccccc3O2)cc1. The molecule has 1 N–H and O–H groups in total. The maximum Gasteiger partial charge on any atom is 0.224 e. The van der Waals surface area contributed by atoms with E-state index in [9.17, 15) is 4.79 Å². The predicted molar refractivity (Wildman–Crippen MR) is 86.1 cm³/mol. The van der Waals surface area contributed by atoms with Crippen LogP contribution in [0.2, 0.25) is 0 Å². The van der Waals surface area contributed by atoms with Gasteiger partial charge in [0.25, 0.3) is 0 Å². The molecular formula is C18H19NO4. The van der Waals surface area contributed by atoms with E-state index in [2.05, 4.69) is 5.32 Å². The van der Waals surface area contributed by atoms with E-state index >= 15 is 0 Å². The number of hydrogen-bond acceptors (Lipinski definition) is 4. The highest BCUT2D eigenvalue weighted by molar-refractivity contribution is 5.78. The van der Waals surface area contributed by atoms with Gasteiger partial charge >= 0.3 is 0 Å². The largest absolute Gasteiger partial charge is 0.497 e. The van der Waals surface area contributed by atoms with E-state index in [-0.39, 0.29) is 12.0 Å². The number of benzene rings is 2. The van der Waals surface area contributed by atoms with Crippen molar-refractivity contribution in [2.45, 2.75) is 12.5 Å². The Bertz CT molecular complexity index is 669. The van der Waals surface area contributed by atoms with Gasteiger partial charge in [-0.3, -0.25) is 4.79 Å². The zero-order chi connectivity index (χ0) is 16.1. The van der Waals surface area contributed by atoms with Gasteiger partial charge in [0, 0.05) is 0 Å². The van der Waals surface area contributed by atoms with Crippen LogP contribution in [0.3, 0.4) is 0 Å². The molecule has 1 atom stereocenters. The number of methoxy groups -OCH3 is 1. The first-order valence-corrected chi connectivity index (χ1v) is 7.52. The van der Waals surface area contributed by atoms with Crippen LogP contribution in [0.15, 0.2) is 48.5 Å². The summed E-state index contributed by atoms with van der Waals surface area (Å²) in [5.41, 5.74) is 0.939. The highest BCUT2D eigenvalue weighted by atomic mass is 16.6. The van der Waals surface area contributed by atoms with Crippen molar-refractivity contribution in [3.8, 4) is 17.2 Å². The summed E-state index contributed by atoms with van der Waals surface area (Å²) in [5.74, 6) is 2.19. The summed E-state index contributed by atoms with van der Waals surface area (Å²) in [6, 6.07) is 15.0. The Morgan fingerprint density at radius 1 is 1.17 bits per heavy atom. The molecule has 2 aromatic rings. The fourth-order valence-corrected chi connectivity index (χ4v) is 2.38. The summed E-state index contributed by atoms with van der Waals surface area (Å²) in [7, 11) is 1.62. The first-order chi connectivity index (χ1) is 11.2. The molecule has 0 saturated carbocycles. The summed E-state index contributed by atoms with van der Waals surface area (Å²) in [6.45, 7) is 0.850. The molecule has 2 aromatic carbocycles. The number of rotatable bonds is 5. The Hall–Kier alpha value is -2.69. The van der Waals surface area contributed by atoms with Gasteiger partial charge in [-0.05, 0) is 29.8 Å². The van der Waals surface area contributed by atoms with Gasteiger partial charge in [0.05, 0.1) is 20.1 Å². The minimum atomic E-state index is -0.176. The van der Waals surface area contributed by atoms with Crippen molar-refractivity contribution in [1.82, 2.24) is 5.32 Å². The normalized spacial score (nSPS) is 15.8. The Morgan fingerprint density at radius 3 is 2.65 bits per heavy atom. The number of amides is 1. The van der Waals surface area contributed by atoms with Crippen LogP contribution in [-0.2, 0) is 11.2 Å². The van der Waals surface area contributed by atoms with E-state index in [1.165, 1.54) is 0 Å². The minimum absolute atomic E-state index is 0.0439. The molecule has 0 aromatic heterocycles. The molecule has 3 rings (SSSR count). The number of carbonyl (C=O) groups excluding carboxylic acids is 1. The lowest BCUT2D eigenvalue weighted by atomic mass is 10.1. The minimum Gasteiger partial charge on any atom is -0.497 e. The van der Waals surface area contributed by atoms with E-state index in [1.807, 2.05) is 48.5 Å². The maximum absolute atomic E-state index is 12.0. The van der Waals surface area contributed by atoms with Crippen LogP contribution in [0.1, 0.15) is 5.56 Å². The molecule has 1 amide bonds. The fraction of sp³-hybridized carbons (Fsp3) is 0.278. The van der Waals surface area contributed by atoms with Crippen LogP contribution in [0.5, 0.6) is 17.2 Å². The molecule has 120 valence electrons. The van der Waals surface area contributed by atoms with Gasteiger partial charge in [-0.15, -0.1) is 0 Å². The lowest BCUT2D eigenvalue weighted by Crippen LogP contribution is -2.41. The molecule has 0 bridgehead atoms. The second kappa shape index (κ2) is 7.05. The number of hydrogen-bond donors (Lipinski definition) is 1. The highest BCUT2D eigenvalue weighted by Crippen LogP contribution is 2.30. The molecule has 5 heteroatoms. The molecule has 0 spiro atoms. The van der Waals surface area contributed by atoms with Crippen molar-refractivity contribution in [3.63, 3.8) is 0 Å². The van der Waals surface area contributed by atoms with Crippen molar-refractivity contribution in [1.29, 1.82) is 0 Å². The number of ether oxygens (including phenoxy) is 3. The van der Waals surface area contributed by atoms with Gasteiger partial charge in [0.1, 0.15) is 18.5 Å². The van der Waals surface area contributed by atoms with Crippen molar-refractivity contribution < 1.29 is 19.0 Å². The predicted octanol–water partition coefficient (Wildman–Crippen LogP) is 2.19. The lowest BCUT2D eigenvalue weighted by molar-refractivity contribution is -0.120. The van der Waals surface area contributed by atoms with Crippen LogP contribution in [-0.4, -0.2) is 32.3 Å². The van der Waals surface area contributed by atoms with Gasteiger partial charge in [-0.1, -0.05) is 24.3 Å². The highest BCUT2D eigenvalue weighted by Gasteiger charge is 2.20. The Balaban J connectivity index is 1.47. The third-order valence-electron chi connectivity index (χ3n) is 3.62. The van der Waals surface area contributed by atoms with Gasteiger partial charge < -0.3 is 19.5 Å². The molecule has 5 nitrogen and oxygen atoms in total. The quantitative estimate of drug-likeness (QED) is 0.919. The molecule has 23 heavy (non-hydrogen) atoms. The van der Waals surface area contributed by atoms with E-state index in [0.717, 1.165) is 17.1 Å². The Morgan fingerprint density at radius 2 is 1.91 bits per heavy atom. The summed E-state index contributed by atoms with van der Waals surface area (Å²) in [5, 5.41) is 2.89. The third kappa shape index (κ3) is 3.94. The van der Waals surface area contributed by atoms with Crippen LogP contribution in [0, 0.1) is 0 Å². The lowest BCUT2D eigenvalue weighted by Gasteiger charge is -2.26. The number of fused-ring (bicyclic) bond motifs is 1. The van der Waals surface area contributed by atoms with E-state index in [1.54, 1.807) is 7.11 Å². The standard InChI is InChI=1S/C18H19NO4/c1-21-14-8-6-13(7-9-14)10-18(20)19-11-15-12-22-16-4-2-3-5-17(16)23-15/h2-9,15H,10-12H2,1H3,(H,19,20)/t15-/m1/s1. The van der Waals surface area contributed by atoms with Gasteiger partial charge in [0.15, 0.2) is 11.5 Å². The average Bonchev–Trinajstić information content (AvgIpc) is 2.60. The fourth-order valence-electron chi connectivity index (χ4n) is 2.38.